The van der Waals surface area contributed by atoms with Gasteiger partial charge in [-0.3, -0.25) is 9.59 Å². The fourth-order valence-corrected chi connectivity index (χ4v) is 1.47. The van der Waals surface area contributed by atoms with E-state index in [1.807, 2.05) is 6.92 Å². The number of hydrogen-bond acceptors (Lipinski definition) is 3. The first kappa shape index (κ1) is 9.98. The van der Waals surface area contributed by atoms with Crippen LogP contribution >= 0.6 is 0 Å². The SMILES string of the molecule is CCN1CCNC(CC(N)=O)C1=O. The van der Waals surface area contributed by atoms with Crippen molar-refractivity contribution in [1.29, 1.82) is 0 Å². The number of nitrogens with zero attached hydrogens (tertiary/aromatic N) is 1. The van der Waals surface area contributed by atoms with Crippen LogP contribution in [0.2, 0.25) is 0 Å². The quantitative estimate of drug-likeness (QED) is 0.572. The maximum Gasteiger partial charge on any atom is 0.240 e. The maximum atomic E-state index is 11.5. The number of amides is 2. The molecule has 0 saturated carbocycles. The van der Waals surface area contributed by atoms with Gasteiger partial charge in [-0.25, -0.2) is 0 Å². The van der Waals surface area contributed by atoms with Gasteiger partial charge >= 0.3 is 0 Å². The van der Waals surface area contributed by atoms with E-state index in [2.05, 4.69) is 5.32 Å². The van der Waals surface area contributed by atoms with Crippen molar-refractivity contribution in [2.45, 2.75) is 19.4 Å². The lowest BCUT2D eigenvalue weighted by molar-refractivity contribution is -0.137. The summed E-state index contributed by atoms with van der Waals surface area (Å²) in [7, 11) is 0. The minimum absolute atomic E-state index is 0.0208. The molecule has 0 radical (unpaired) electrons. The molecule has 74 valence electrons. The summed E-state index contributed by atoms with van der Waals surface area (Å²) in [4.78, 5) is 23.9. The van der Waals surface area contributed by atoms with E-state index < -0.39 is 11.9 Å². The van der Waals surface area contributed by atoms with Crippen molar-refractivity contribution in [3.8, 4) is 0 Å². The fourth-order valence-electron chi connectivity index (χ4n) is 1.47. The monoisotopic (exact) mass is 185 g/mol. The van der Waals surface area contributed by atoms with Gasteiger partial charge in [0, 0.05) is 19.6 Å². The van der Waals surface area contributed by atoms with E-state index in [1.165, 1.54) is 0 Å². The van der Waals surface area contributed by atoms with Crippen LogP contribution in [0.4, 0.5) is 0 Å². The predicted molar refractivity (Wildman–Crippen MR) is 47.9 cm³/mol. The Hall–Kier alpha value is -1.10. The first-order valence-corrected chi connectivity index (χ1v) is 4.45. The van der Waals surface area contributed by atoms with Gasteiger partial charge in [-0.05, 0) is 6.92 Å². The van der Waals surface area contributed by atoms with Crippen molar-refractivity contribution in [2.75, 3.05) is 19.6 Å². The summed E-state index contributed by atoms with van der Waals surface area (Å²) in [5.74, 6) is -0.462. The molecule has 1 aliphatic rings. The summed E-state index contributed by atoms with van der Waals surface area (Å²) < 4.78 is 0. The number of nitrogens with one attached hydrogen (secondary N) is 1. The van der Waals surface area contributed by atoms with E-state index in [9.17, 15) is 9.59 Å². The number of hydrogen-bond donors (Lipinski definition) is 2. The maximum absolute atomic E-state index is 11.5. The lowest BCUT2D eigenvalue weighted by atomic mass is 10.1. The number of piperazine rings is 1. The molecule has 0 aromatic heterocycles. The third-order valence-electron chi connectivity index (χ3n) is 2.17. The summed E-state index contributed by atoms with van der Waals surface area (Å²) in [5.41, 5.74) is 5.02. The van der Waals surface area contributed by atoms with E-state index in [1.54, 1.807) is 4.90 Å². The molecule has 5 nitrogen and oxygen atoms in total. The second-order valence-electron chi connectivity index (χ2n) is 3.10. The fraction of sp³-hybridized carbons (Fsp3) is 0.750. The molecule has 1 rings (SSSR count). The van der Waals surface area contributed by atoms with Gasteiger partial charge in [0.1, 0.15) is 0 Å². The Morgan fingerprint density at radius 3 is 3.00 bits per heavy atom. The number of likely N-dealkylation sites (N-methyl/N-ethyl adjacent to an activating group) is 1. The van der Waals surface area contributed by atoms with Crippen LogP contribution in [0.5, 0.6) is 0 Å². The van der Waals surface area contributed by atoms with Gasteiger partial charge in [0.05, 0.1) is 12.5 Å². The van der Waals surface area contributed by atoms with Gasteiger partial charge in [-0.1, -0.05) is 0 Å². The van der Waals surface area contributed by atoms with Gasteiger partial charge in [0.2, 0.25) is 11.8 Å². The standard InChI is InChI=1S/C8H15N3O2/c1-2-11-4-3-10-6(8(11)13)5-7(9)12/h6,10H,2-5H2,1H3,(H2,9,12). The molecule has 1 unspecified atom stereocenters. The molecular formula is C8H15N3O2. The van der Waals surface area contributed by atoms with Gasteiger partial charge in [-0.2, -0.15) is 0 Å². The van der Waals surface area contributed by atoms with Crippen LogP contribution in [0.25, 0.3) is 0 Å². The van der Waals surface area contributed by atoms with Crippen LogP contribution in [0.15, 0.2) is 0 Å². The smallest absolute Gasteiger partial charge is 0.240 e. The van der Waals surface area contributed by atoms with E-state index in [4.69, 9.17) is 5.73 Å². The van der Waals surface area contributed by atoms with Crippen LogP contribution in [0.3, 0.4) is 0 Å². The van der Waals surface area contributed by atoms with Crippen molar-refractivity contribution in [1.82, 2.24) is 10.2 Å². The number of rotatable bonds is 3. The Morgan fingerprint density at radius 2 is 2.46 bits per heavy atom. The molecule has 1 saturated heterocycles. The van der Waals surface area contributed by atoms with Crippen molar-refractivity contribution in [3.63, 3.8) is 0 Å². The molecule has 1 atom stereocenters. The Balaban J connectivity index is 2.54. The molecule has 0 bridgehead atoms. The van der Waals surface area contributed by atoms with E-state index in [0.717, 1.165) is 6.54 Å². The average molecular weight is 185 g/mol. The summed E-state index contributed by atoms with van der Waals surface area (Å²) in [6.45, 7) is 4.06. The van der Waals surface area contributed by atoms with Gasteiger partial charge < -0.3 is 16.0 Å². The van der Waals surface area contributed by atoms with Crippen LogP contribution in [0, 0.1) is 0 Å². The van der Waals surface area contributed by atoms with E-state index >= 15 is 0 Å². The Labute approximate surface area is 77.3 Å². The van der Waals surface area contributed by atoms with Gasteiger partial charge in [0.15, 0.2) is 0 Å². The third-order valence-corrected chi connectivity index (χ3v) is 2.17. The molecule has 13 heavy (non-hydrogen) atoms. The number of carbonyl (C=O) groups is 2. The van der Waals surface area contributed by atoms with E-state index in [0.29, 0.717) is 13.1 Å². The molecule has 0 aromatic rings. The minimum atomic E-state index is -0.441. The lowest BCUT2D eigenvalue weighted by Crippen LogP contribution is -2.55. The average Bonchev–Trinajstić information content (AvgIpc) is 2.08. The van der Waals surface area contributed by atoms with Crippen molar-refractivity contribution >= 4 is 11.8 Å². The number of carbonyl (C=O) groups excluding carboxylic acids is 2. The highest BCUT2D eigenvalue weighted by atomic mass is 16.2. The molecule has 1 aliphatic heterocycles. The lowest BCUT2D eigenvalue weighted by Gasteiger charge is -2.31. The van der Waals surface area contributed by atoms with Crippen LogP contribution in [-0.2, 0) is 9.59 Å². The molecular weight excluding hydrogens is 170 g/mol. The second kappa shape index (κ2) is 4.23. The molecule has 5 heteroatoms. The summed E-state index contributed by atoms with van der Waals surface area (Å²) in [6.07, 6.45) is 0.0926. The Bertz CT molecular complexity index is 217. The third kappa shape index (κ3) is 2.42. The molecule has 1 fully saturated rings. The molecule has 2 amide bonds. The normalized spacial score (nSPS) is 23.3. The zero-order valence-electron chi connectivity index (χ0n) is 7.75. The minimum Gasteiger partial charge on any atom is -0.370 e. The molecule has 0 spiro atoms. The molecule has 0 aliphatic carbocycles. The van der Waals surface area contributed by atoms with Crippen LogP contribution < -0.4 is 11.1 Å². The highest BCUT2D eigenvalue weighted by Crippen LogP contribution is 2.03. The first-order chi connectivity index (χ1) is 6.15. The highest BCUT2D eigenvalue weighted by molar-refractivity contribution is 5.88. The summed E-state index contributed by atoms with van der Waals surface area (Å²) in [6, 6.07) is -0.411. The second-order valence-corrected chi connectivity index (χ2v) is 3.10. The topological polar surface area (TPSA) is 75.4 Å². The first-order valence-electron chi connectivity index (χ1n) is 4.45. The van der Waals surface area contributed by atoms with Crippen molar-refractivity contribution in [2.24, 2.45) is 5.73 Å². The van der Waals surface area contributed by atoms with Crippen molar-refractivity contribution < 1.29 is 9.59 Å². The summed E-state index contributed by atoms with van der Waals surface area (Å²) in [5, 5.41) is 2.97. The number of primary amides is 1. The molecule has 1 heterocycles. The highest BCUT2D eigenvalue weighted by Gasteiger charge is 2.28. The Morgan fingerprint density at radius 1 is 1.77 bits per heavy atom. The number of nitrogens with two attached hydrogens (primary N) is 1. The van der Waals surface area contributed by atoms with E-state index in [-0.39, 0.29) is 12.3 Å². The van der Waals surface area contributed by atoms with Gasteiger partial charge in [0.25, 0.3) is 0 Å². The molecule has 3 N–H and O–H groups in total. The summed E-state index contributed by atoms with van der Waals surface area (Å²) >= 11 is 0. The van der Waals surface area contributed by atoms with Crippen molar-refractivity contribution in [3.05, 3.63) is 0 Å². The largest absolute Gasteiger partial charge is 0.370 e. The van der Waals surface area contributed by atoms with Gasteiger partial charge in [-0.15, -0.1) is 0 Å². The predicted octanol–water partition coefficient (Wildman–Crippen LogP) is -1.32. The van der Waals surface area contributed by atoms with Crippen LogP contribution in [0.1, 0.15) is 13.3 Å². The van der Waals surface area contributed by atoms with Crippen LogP contribution in [-0.4, -0.2) is 42.4 Å². The Kier molecular flexibility index (Phi) is 3.25. The molecule has 0 aromatic carbocycles. The zero-order valence-corrected chi connectivity index (χ0v) is 7.75. The zero-order chi connectivity index (χ0) is 9.84.